The Kier molecular flexibility index (Phi) is 3.12. The van der Waals surface area contributed by atoms with Crippen LogP contribution < -0.4 is 5.73 Å². The third kappa shape index (κ3) is 2.93. The first kappa shape index (κ1) is 11.4. The molecule has 0 unspecified atom stereocenters. The number of nitrogen functional groups attached to an aromatic ring is 1. The van der Waals surface area contributed by atoms with E-state index in [9.17, 15) is 0 Å². The van der Waals surface area contributed by atoms with Crippen LogP contribution in [0.15, 0.2) is 18.3 Å². The summed E-state index contributed by atoms with van der Waals surface area (Å²) in [4.78, 5) is 6.38. The first-order valence-corrected chi connectivity index (χ1v) is 5.62. The zero-order valence-electron chi connectivity index (χ0n) is 9.94. The highest BCUT2D eigenvalue weighted by atomic mass is 16.5. The van der Waals surface area contributed by atoms with E-state index in [0.29, 0.717) is 5.82 Å². The van der Waals surface area contributed by atoms with Crippen molar-refractivity contribution < 1.29 is 4.74 Å². The molecule has 2 heterocycles. The molecule has 0 aliphatic carbocycles. The van der Waals surface area contributed by atoms with Gasteiger partial charge in [-0.15, -0.1) is 0 Å². The van der Waals surface area contributed by atoms with Crippen molar-refractivity contribution in [3.05, 3.63) is 23.9 Å². The molecule has 1 aromatic heterocycles. The van der Waals surface area contributed by atoms with Crippen molar-refractivity contribution in [3.63, 3.8) is 0 Å². The lowest BCUT2D eigenvalue weighted by Crippen LogP contribution is -2.47. The molecule has 0 radical (unpaired) electrons. The van der Waals surface area contributed by atoms with Crippen LogP contribution in [0.1, 0.15) is 19.4 Å². The molecule has 1 aromatic rings. The zero-order chi connectivity index (χ0) is 11.6. The molecule has 2 N–H and O–H groups in total. The van der Waals surface area contributed by atoms with Gasteiger partial charge in [-0.25, -0.2) is 4.98 Å². The highest BCUT2D eigenvalue weighted by Crippen LogP contribution is 2.18. The summed E-state index contributed by atoms with van der Waals surface area (Å²) in [7, 11) is 0. The number of hydrogen-bond acceptors (Lipinski definition) is 4. The van der Waals surface area contributed by atoms with Crippen LogP contribution in [0.2, 0.25) is 0 Å². The molecule has 0 aromatic carbocycles. The van der Waals surface area contributed by atoms with E-state index in [-0.39, 0.29) is 5.60 Å². The third-order valence-electron chi connectivity index (χ3n) is 2.76. The van der Waals surface area contributed by atoms with E-state index in [1.807, 2.05) is 12.1 Å². The number of aromatic nitrogens is 1. The lowest BCUT2D eigenvalue weighted by atomic mass is 10.1. The number of rotatable bonds is 2. The second-order valence-electron chi connectivity index (χ2n) is 4.91. The van der Waals surface area contributed by atoms with Crippen LogP contribution in [0, 0.1) is 0 Å². The van der Waals surface area contributed by atoms with E-state index >= 15 is 0 Å². The van der Waals surface area contributed by atoms with Gasteiger partial charge in [0.1, 0.15) is 5.82 Å². The molecule has 4 nitrogen and oxygen atoms in total. The monoisotopic (exact) mass is 221 g/mol. The Bertz CT molecular complexity index is 365. The highest BCUT2D eigenvalue weighted by Gasteiger charge is 2.26. The molecule has 0 atom stereocenters. The van der Waals surface area contributed by atoms with Crippen molar-refractivity contribution in [2.45, 2.75) is 26.0 Å². The molecule has 1 saturated heterocycles. The Morgan fingerprint density at radius 2 is 2.38 bits per heavy atom. The fourth-order valence-corrected chi connectivity index (χ4v) is 2.10. The quantitative estimate of drug-likeness (QED) is 0.817. The highest BCUT2D eigenvalue weighted by molar-refractivity contribution is 5.31. The fraction of sp³-hybridized carbons (Fsp3) is 0.583. The van der Waals surface area contributed by atoms with Crippen molar-refractivity contribution in [3.8, 4) is 0 Å². The first-order chi connectivity index (χ1) is 7.55. The van der Waals surface area contributed by atoms with Crippen molar-refractivity contribution in [2.24, 2.45) is 0 Å². The second kappa shape index (κ2) is 4.39. The average Bonchev–Trinajstić information content (AvgIpc) is 2.15. The minimum Gasteiger partial charge on any atom is -0.384 e. The standard InChI is InChI=1S/C12H19N3O/c1-12(2)9-15(5-6-16-12)8-10-3-4-14-11(13)7-10/h3-4,7H,5-6,8-9H2,1-2H3,(H2,13,14). The lowest BCUT2D eigenvalue weighted by Gasteiger charge is -2.38. The molecule has 16 heavy (non-hydrogen) atoms. The average molecular weight is 221 g/mol. The summed E-state index contributed by atoms with van der Waals surface area (Å²) in [5.41, 5.74) is 6.83. The maximum Gasteiger partial charge on any atom is 0.123 e. The van der Waals surface area contributed by atoms with E-state index in [2.05, 4.69) is 23.7 Å². The number of pyridine rings is 1. The molecule has 1 aliphatic heterocycles. The van der Waals surface area contributed by atoms with Crippen LogP contribution in [0.25, 0.3) is 0 Å². The SMILES string of the molecule is CC1(C)CN(Cc2ccnc(N)c2)CCO1. The Hall–Kier alpha value is -1.13. The minimum atomic E-state index is -0.0448. The maximum atomic E-state index is 5.68. The smallest absolute Gasteiger partial charge is 0.123 e. The topological polar surface area (TPSA) is 51.4 Å². The van der Waals surface area contributed by atoms with Crippen molar-refractivity contribution >= 4 is 5.82 Å². The Labute approximate surface area is 96.4 Å². The second-order valence-corrected chi connectivity index (χ2v) is 4.91. The van der Waals surface area contributed by atoms with Crippen molar-refractivity contribution in [2.75, 3.05) is 25.4 Å². The van der Waals surface area contributed by atoms with Gasteiger partial charge in [0, 0.05) is 25.8 Å². The summed E-state index contributed by atoms with van der Waals surface area (Å²) in [5.74, 6) is 0.588. The van der Waals surface area contributed by atoms with Gasteiger partial charge in [-0.2, -0.15) is 0 Å². The van der Waals surface area contributed by atoms with Crippen LogP contribution in [0.4, 0.5) is 5.82 Å². The largest absolute Gasteiger partial charge is 0.384 e. The summed E-state index contributed by atoms with van der Waals surface area (Å²) in [5, 5.41) is 0. The number of nitrogens with zero attached hydrogens (tertiary/aromatic N) is 2. The van der Waals surface area contributed by atoms with Crippen LogP contribution in [-0.4, -0.2) is 35.2 Å². The van der Waals surface area contributed by atoms with E-state index in [0.717, 1.165) is 26.2 Å². The van der Waals surface area contributed by atoms with Crippen molar-refractivity contribution in [1.82, 2.24) is 9.88 Å². The van der Waals surface area contributed by atoms with Gasteiger partial charge in [0.2, 0.25) is 0 Å². The number of ether oxygens (including phenoxy) is 1. The number of hydrogen-bond donors (Lipinski definition) is 1. The van der Waals surface area contributed by atoms with Gasteiger partial charge in [-0.05, 0) is 31.5 Å². The summed E-state index contributed by atoms with van der Waals surface area (Å²) in [6.45, 7) is 7.90. The van der Waals surface area contributed by atoms with Gasteiger partial charge in [0.25, 0.3) is 0 Å². The van der Waals surface area contributed by atoms with Crippen LogP contribution in [0.3, 0.4) is 0 Å². The molecular formula is C12H19N3O. The summed E-state index contributed by atoms with van der Waals surface area (Å²) in [6, 6.07) is 3.95. The fourth-order valence-electron chi connectivity index (χ4n) is 2.10. The van der Waals surface area contributed by atoms with Gasteiger partial charge < -0.3 is 10.5 Å². The summed E-state index contributed by atoms with van der Waals surface area (Å²) >= 11 is 0. The molecular weight excluding hydrogens is 202 g/mol. The molecule has 88 valence electrons. The normalized spacial score (nSPS) is 20.9. The number of nitrogens with two attached hydrogens (primary N) is 1. The molecule has 0 amide bonds. The molecule has 2 rings (SSSR count). The van der Waals surface area contributed by atoms with E-state index in [1.54, 1.807) is 6.20 Å². The summed E-state index contributed by atoms with van der Waals surface area (Å²) < 4.78 is 5.68. The van der Waals surface area contributed by atoms with Crippen LogP contribution in [0.5, 0.6) is 0 Å². The predicted octanol–water partition coefficient (Wildman–Crippen LogP) is 1.27. The molecule has 1 aliphatic rings. The third-order valence-corrected chi connectivity index (χ3v) is 2.76. The van der Waals surface area contributed by atoms with Crippen molar-refractivity contribution in [1.29, 1.82) is 0 Å². The lowest BCUT2D eigenvalue weighted by molar-refractivity contribution is -0.0882. The van der Waals surface area contributed by atoms with E-state index in [4.69, 9.17) is 10.5 Å². The molecule has 0 spiro atoms. The number of anilines is 1. The maximum absolute atomic E-state index is 5.68. The molecule has 1 fully saturated rings. The van der Waals surface area contributed by atoms with Crippen LogP contribution >= 0.6 is 0 Å². The molecule has 0 saturated carbocycles. The zero-order valence-corrected chi connectivity index (χ0v) is 9.94. The van der Waals surface area contributed by atoms with Gasteiger partial charge in [0.15, 0.2) is 0 Å². The molecule has 0 bridgehead atoms. The Morgan fingerprint density at radius 1 is 1.56 bits per heavy atom. The van der Waals surface area contributed by atoms with Gasteiger partial charge in [-0.1, -0.05) is 0 Å². The van der Waals surface area contributed by atoms with Gasteiger partial charge in [-0.3, -0.25) is 4.90 Å². The van der Waals surface area contributed by atoms with Crippen LogP contribution in [-0.2, 0) is 11.3 Å². The number of morpholine rings is 1. The minimum absolute atomic E-state index is 0.0448. The van der Waals surface area contributed by atoms with Gasteiger partial charge >= 0.3 is 0 Å². The Balaban J connectivity index is 1.99. The van der Waals surface area contributed by atoms with E-state index < -0.39 is 0 Å². The van der Waals surface area contributed by atoms with Gasteiger partial charge in [0.05, 0.1) is 12.2 Å². The summed E-state index contributed by atoms with van der Waals surface area (Å²) in [6.07, 6.45) is 1.76. The Morgan fingerprint density at radius 3 is 3.06 bits per heavy atom. The predicted molar refractivity (Wildman–Crippen MR) is 64.0 cm³/mol. The first-order valence-electron chi connectivity index (χ1n) is 5.62. The van der Waals surface area contributed by atoms with E-state index in [1.165, 1.54) is 5.56 Å². The molecule has 4 heteroatoms.